The summed E-state index contributed by atoms with van der Waals surface area (Å²) in [7, 11) is 1.50. The summed E-state index contributed by atoms with van der Waals surface area (Å²) >= 11 is 0. The summed E-state index contributed by atoms with van der Waals surface area (Å²) in [6.07, 6.45) is 1.60. The Morgan fingerprint density at radius 1 is 1.13 bits per heavy atom. The van der Waals surface area contributed by atoms with E-state index in [1.807, 2.05) is 66.7 Å². The first-order chi connectivity index (χ1) is 21.1. The molecule has 4 rings (SSSR count). The zero-order valence-corrected chi connectivity index (χ0v) is 28.2. The van der Waals surface area contributed by atoms with Gasteiger partial charge < -0.3 is 20.5 Å². The number of ether oxygens (including phenoxy) is 1. The Labute approximate surface area is 266 Å². The number of nitrogens with two attached hydrogens (primary N) is 1. The SMILES string of the molecule is C=N/C=C1/C(=O)N(C(C)C)N(c2ccc(F)c(C(C)(C)O)n2)C1=Nc1ccc2c(c1)CCN(C(=O)OC(C)(C)C)C2.CC.CN. The highest BCUT2D eigenvalue weighted by molar-refractivity contribution is 6.31. The van der Waals surface area contributed by atoms with Gasteiger partial charge in [-0.15, -0.1) is 0 Å². The van der Waals surface area contributed by atoms with Crippen LogP contribution in [0.2, 0.25) is 0 Å². The van der Waals surface area contributed by atoms with Crippen LogP contribution >= 0.6 is 0 Å². The predicted molar refractivity (Wildman–Crippen MR) is 177 cm³/mol. The zero-order chi connectivity index (χ0) is 34.3. The zero-order valence-electron chi connectivity index (χ0n) is 28.2. The van der Waals surface area contributed by atoms with E-state index >= 15 is 0 Å². The van der Waals surface area contributed by atoms with Crippen molar-refractivity contribution in [1.82, 2.24) is 14.9 Å². The van der Waals surface area contributed by atoms with E-state index in [0.717, 1.165) is 11.1 Å². The molecule has 0 spiro atoms. The first-order valence-corrected chi connectivity index (χ1v) is 15.1. The average molecular weight is 626 g/mol. The molecule has 0 atom stereocenters. The number of rotatable bonds is 5. The number of nitrogens with zero attached hydrogens (tertiary/aromatic N) is 6. The molecule has 2 aromatic rings. The van der Waals surface area contributed by atoms with E-state index in [0.29, 0.717) is 25.2 Å². The molecule has 0 bridgehead atoms. The van der Waals surface area contributed by atoms with Gasteiger partial charge in [-0.25, -0.2) is 29.2 Å². The Bertz CT molecular complexity index is 1440. The first kappa shape index (κ1) is 37.0. The van der Waals surface area contributed by atoms with Crippen LogP contribution in [0.15, 0.2) is 52.1 Å². The highest BCUT2D eigenvalue weighted by Gasteiger charge is 2.43. The molecule has 0 radical (unpaired) electrons. The number of fused-ring (bicyclic) bond motifs is 1. The number of benzene rings is 1. The number of pyridine rings is 1. The molecular formula is C33H48FN7O4. The van der Waals surface area contributed by atoms with Gasteiger partial charge in [0, 0.05) is 25.3 Å². The minimum absolute atomic E-state index is 0.159. The molecule has 1 saturated heterocycles. The van der Waals surface area contributed by atoms with Crippen molar-refractivity contribution >= 4 is 36.1 Å². The third kappa shape index (κ3) is 8.73. The Morgan fingerprint density at radius 3 is 2.33 bits per heavy atom. The van der Waals surface area contributed by atoms with Crippen LogP contribution < -0.4 is 10.7 Å². The second-order valence-corrected chi connectivity index (χ2v) is 11.9. The molecule has 1 aromatic carbocycles. The molecule has 1 fully saturated rings. The number of hydrazine groups is 1. The lowest BCUT2D eigenvalue weighted by Crippen LogP contribution is -2.46. The molecule has 3 N–H and O–H groups in total. The number of carbonyl (C=O) groups is 2. The second-order valence-electron chi connectivity index (χ2n) is 11.9. The summed E-state index contributed by atoms with van der Waals surface area (Å²) < 4.78 is 20.2. The third-order valence-electron chi connectivity index (χ3n) is 6.52. The summed E-state index contributed by atoms with van der Waals surface area (Å²) in [5.74, 6) is -0.584. The number of halogens is 1. The average Bonchev–Trinajstić information content (AvgIpc) is 3.24. The number of anilines is 1. The van der Waals surface area contributed by atoms with Gasteiger partial charge in [0.25, 0.3) is 5.91 Å². The third-order valence-corrected chi connectivity index (χ3v) is 6.52. The van der Waals surface area contributed by atoms with Crippen LogP contribution in [0.25, 0.3) is 0 Å². The maximum Gasteiger partial charge on any atom is 0.410 e. The highest BCUT2D eigenvalue weighted by atomic mass is 19.1. The van der Waals surface area contributed by atoms with Gasteiger partial charge >= 0.3 is 6.09 Å². The maximum absolute atomic E-state index is 14.6. The molecule has 1 aromatic heterocycles. The van der Waals surface area contributed by atoms with Gasteiger partial charge in [-0.3, -0.25) is 9.79 Å². The number of hydrogen-bond donors (Lipinski definition) is 2. The molecule has 12 heteroatoms. The Hall–Kier alpha value is -4.16. The fraction of sp³-hybridized carbons (Fsp3) is 0.485. The van der Waals surface area contributed by atoms with Crippen molar-refractivity contribution in [3.63, 3.8) is 0 Å². The van der Waals surface area contributed by atoms with Crippen molar-refractivity contribution in [2.24, 2.45) is 15.7 Å². The van der Waals surface area contributed by atoms with Gasteiger partial charge in [-0.1, -0.05) is 19.9 Å². The fourth-order valence-corrected chi connectivity index (χ4v) is 4.71. The predicted octanol–water partition coefficient (Wildman–Crippen LogP) is 5.63. The number of hydrogen-bond acceptors (Lipinski definition) is 8. The van der Waals surface area contributed by atoms with Crippen LogP contribution in [0.3, 0.4) is 0 Å². The van der Waals surface area contributed by atoms with Gasteiger partial charge in [-0.05, 0) is 104 Å². The van der Waals surface area contributed by atoms with Crippen LogP contribution in [0, 0.1) is 5.82 Å². The smallest absolute Gasteiger partial charge is 0.410 e. The summed E-state index contributed by atoms with van der Waals surface area (Å²) in [4.78, 5) is 40.9. The second kappa shape index (κ2) is 15.2. The van der Waals surface area contributed by atoms with E-state index < -0.39 is 17.0 Å². The standard InChI is InChI=1S/C30H37FN6O4.C2H6.CH5N/c1-18(2)36-27(38)22(16-32-8)26(37(36)24-12-11-23(31)25(34-24)30(6,7)40)33-21-10-9-20-17-35(14-13-19(20)15-21)28(39)41-29(3,4)5;2*1-2/h9-12,15-16,18,40H,8,13-14,17H2,1-7H3;1-2H3;2H2,1H3/b22-16+,33-26?;;. The van der Waals surface area contributed by atoms with Crippen molar-refractivity contribution in [1.29, 1.82) is 0 Å². The van der Waals surface area contributed by atoms with Crippen molar-refractivity contribution < 1.29 is 23.8 Å². The van der Waals surface area contributed by atoms with E-state index in [1.165, 1.54) is 49.2 Å². The number of amidine groups is 1. The molecule has 11 nitrogen and oxygen atoms in total. The summed E-state index contributed by atoms with van der Waals surface area (Å²) in [6, 6.07) is 7.97. The first-order valence-electron chi connectivity index (χ1n) is 15.1. The van der Waals surface area contributed by atoms with Gasteiger partial charge in [-0.2, -0.15) is 0 Å². The van der Waals surface area contributed by atoms with Crippen molar-refractivity contribution in [3.8, 4) is 0 Å². The number of aliphatic imine (C=N–C) groups is 2. The molecule has 0 aliphatic carbocycles. The van der Waals surface area contributed by atoms with Gasteiger partial charge in [0.2, 0.25) is 0 Å². The lowest BCUT2D eigenvalue weighted by atomic mass is 9.99. The van der Waals surface area contributed by atoms with E-state index in [2.05, 4.69) is 22.4 Å². The van der Waals surface area contributed by atoms with E-state index in [1.54, 1.807) is 4.90 Å². The summed E-state index contributed by atoms with van der Waals surface area (Å²) in [6.45, 7) is 20.5. The Morgan fingerprint density at radius 2 is 1.78 bits per heavy atom. The number of aliphatic hydroxyl groups is 1. The van der Waals surface area contributed by atoms with Gasteiger partial charge in [0.15, 0.2) is 11.7 Å². The fourth-order valence-electron chi connectivity index (χ4n) is 4.71. The van der Waals surface area contributed by atoms with Crippen molar-refractivity contribution in [3.05, 3.63) is 64.7 Å². The minimum atomic E-state index is -1.56. The largest absolute Gasteiger partial charge is 0.444 e. The molecule has 246 valence electrons. The normalized spacial score (nSPS) is 16.7. The van der Waals surface area contributed by atoms with Crippen LogP contribution in [0.1, 0.15) is 79.1 Å². The van der Waals surface area contributed by atoms with Gasteiger partial charge in [0.05, 0.1) is 5.69 Å². The van der Waals surface area contributed by atoms with Crippen LogP contribution in [-0.2, 0) is 28.1 Å². The number of amides is 2. The maximum atomic E-state index is 14.6. The van der Waals surface area contributed by atoms with E-state index in [-0.39, 0.29) is 41.0 Å². The minimum Gasteiger partial charge on any atom is -0.444 e. The quantitative estimate of drug-likeness (QED) is 0.325. The van der Waals surface area contributed by atoms with Crippen molar-refractivity contribution in [2.45, 2.75) is 92.5 Å². The molecule has 2 amide bonds. The molecule has 0 unspecified atom stereocenters. The lowest BCUT2D eigenvalue weighted by Gasteiger charge is -2.32. The lowest BCUT2D eigenvalue weighted by molar-refractivity contribution is -0.126. The molecule has 3 heterocycles. The Balaban J connectivity index is 0.00000169. The summed E-state index contributed by atoms with van der Waals surface area (Å²) in [5, 5.41) is 13.5. The molecule has 0 saturated carbocycles. The monoisotopic (exact) mass is 625 g/mol. The topological polar surface area (TPSA) is 137 Å². The van der Waals surface area contributed by atoms with E-state index in [9.17, 15) is 19.1 Å². The molecular weight excluding hydrogens is 577 g/mol. The Kier molecular flexibility index (Phi) is 12.5. The van der Waals surface area contributed by atoms with Crippen LogP contribution in [-0.4, -0.2) is 69.8 Å². The molecule has 45 heavy (non-hydrogen) atoms. The number of carbonyl (C=O) groups excluding carboxylic acids is 2. The van der Waals surface area contributed by atoms with E-state index in [4.69, 9.17) is 9.73 Å². The number of aromatic nitrogens is 1. The molecule has 2 aliphatic heterocycles. The highest BCUT2D eigenvalue weighted by Crippen LogP contribution is 2.33. The van der Waals surface area contributed by atoms with Crippen molar-refractivity contribution in [2.75, 3.05) is 18.6 Å². The molecule has 2 aliphatic rings. The summed E-state index contributed by atoms with van der Waals surface area (Å²) in [5.41, 5.74) is 4.98. The van der Waals surface area contributed by atoms with Gasteiger partial charge in [0.1, 0.15) is 28.3 Å². The van der Waals surface area contributed by atoms with Crippen LogP contribution in [0.5, 0.6) is 0 Å². The van der Waals surface area contributed by atoms with Crippen LogP contribution in [0.4, 0.5) is 20.7 Å².